The molecule has 0 heterocycles. The number of rotatable bonds is 20. The summed E-state index contributed by atoms with van der Waals surface area (Å²) in [7, 11) is 0. The van der Waals surface area contributed by atoms with Crippen molar-refractivity contribution in [3.8, 4) is 0 Å². The summed E-state index contributed by atoms with van der Waals surface area (Å²) in [5.74, 6) is 0.0754. The summed E-state index contributed by atoms with van der Waals surface area (Å²) in [4.78, 5) is 23.7. The molecule has 0 aliphatic rings. The largest absolute Gasteiger partial charge is 0.466 e. The zero-order chi connectivity index (χ0) is 25.0. The van der Waals surface area contributed by atoms with Crippen molar-refractivity contribution in [2.24, 2.45) is 5.92 Å². The molecule has 1 aromatic carbocycles. The molecule has 1 aromatic rings. The van der Waals surface area contributed by atoms with Gasteiger partial charge in [0.1, 0.15) is 6.10 Å². The van der Waals surface area contributed by atoms with Crippen molar-refractivity contribution in [3.63, 3.8) is 0 Å². The molecule has 1 N–H and O–H groups in total. The highest BCUT2D eigenvalue weighted by molar-refractivity contribution is 5.90. The number of carbonyl (C=O) groups is 2. The second kappa shape index (κ2) is 19.3. The Bertz CT molecular complexity index is 657. The Morgan fingerprint density at radius 1 is 0.794 bits per heavy atom. The third-order valence-corrected chi connectivity index (χ3v) is 5.98. The molecule has 5 heteroatoms. The summed E-state index contributed by atoms with van der Waals surface area (Å²) >= 11 is 0. The summed E-state index contributed by atoms with van der Waals surface area (Å²) in [6.07, 6.45) is 15.8. The molecule has 0 aliphatic heterocycles. The maximum Gasteiger partial charge on any atom is 0.338 e. The molecule has 0 aromatic heterocycles. The van der Waals surface area contributed by atoms with Crippen molar-refractivity contribution in [2.75, 3.05) is 18.5 Å². The van der Waals surface area contributed by atoms with Gasteiger partial charge in [0.05, 0.1) is 18.6 Å². The Labute approximate surface area is 208 Å². The topological polar surface area (TPSA) is 64.6 Å². The van der Waals surface area contributed by atoms with E-state index in [-0.39, 0.29) is 12.4 Å². The van der Waals surface area contributed by atoms with Crippen molar-refractivity contribution >= 4 is 17.6 Å². The molecule has 0 saturated heterocycles. The van der Waals surface area contributed by atoms with E-state index < -0.39 is 12.1 Å². The van der Waals surface area contributed by atoms with E-state index in [0.29, 0.717) is 12.2 Å². The summed E-state index contributed by atoms with van der Waals surface area (Å²) in [6.45, 7) is 9.34. The van der Waals surface area contributed by atoms with Gasteiger partial charge < -0.3 is 14.8 Å². The van der Waals surface area contributed by atoms with Crippen LogP contribution in [0.15, 0.2) is 24.3 Å². The molecule has 1 atom stereocenters. The zero-order valence-electron chi connectivity index (χ0n) is 22.2. The highest BCUT2D eigenvalue weighted by Crippen LogP contribution is 2.15. The van der Waals surface area contributed by atoms with Crippen LogP contribution in [0.3, 0.4) is 0 Å². The smallest absolute Gasteiger partial charge is 0.338 e. The highest BCUT2D eigenvalue weighted by Gasteiger charge is 2.16. The Kier molecular flexibility index (Phi) is 17.0. The predicted octanol–water partition coefficient (Wildman–Crippen LogP) is 7.93. The molecular formula is C29H49NO4. The molecule has 0 saturated carbocycles. The number of anilines is 1. The van der Waals surface area contributed by atoms with Crippen LogP contribution in [0.5, 0.6) is 0 Å². The van der Waals surface area contributed by atoms with E-state index in [0.717, 1.165) is 24.6 Å². The normalized spacial score (nSPS) is 11.9. The minimum Gasteiger partial charge on any atom is -0.466 e. The molecule has 194 valence electrons. The quantitative estimate of drug-likeness (QED) is 0.153. The van der Waals surface area contributed by atoms with E-state index in [9.17, 15) is 9.59 Å². The lowest BCUT2D eigenvalue weighted by Gasteiger charge is -2.13. The SMILES string of the molecule is CCOC(=O)CC(C)OC(=O)c1ccc(NCCCCCCCCCCCCCC(C)C)cc1. The third-order valence-electron chi connectivity index (χ3n) is 5.98. The number of carbonyl (C=O) groups excluding carboxylic acids is 2. The van der Waals surface area contributed by atoms with Crippen LogP contribution in [0, 0.1) is 5.92 Å². The van der Waals surface area contributed by atoms with E-state index >= 15 is 0 Å². The van der Waals surface area contributed by atoms with Gasteiger partial charge in [-0.05, 0) is 50.5 Å². The Hall–Kier alpha value is -2.04. The van der Waals surface area contributed by atoms with Gasteiger partial charge in [0.2, 0.25) is 0 Å². The van der Waals surface area contributed by atoms with E-state index in [2.05, 4.69) is 19.2 Å². The summed E-state index contributed by atoms with van der Waals surface area (Å²) < 4.78 is 10.2. The molecule has 0 bridgehead atoms. The number of esters is 2. The number of benzene rings is 1. The Balaban J connectivity index is 2.03. The standard InChI is InChI=1S/C29H49NO4/c1-5-33-28(31)23-25(4)34-29(32)26-18-20-27(21-19-26)30-22-16-14-12-10-8-6-7-9-11-13-15-17-24(2)3/h18-21,24-25,30H,5-17,22-23H2,1-4H3. The van der Waals surface area contributed by atoms with Crippen LogP contribution in [0.4, 0.5) is 5.69 Å². The highest BCUT2D eigenvalue weighted by atomic mass is 16.6. The van der Waals surface area contributed by atoms with Gasteiger partial charge in [-0.1, -0.05) is 84.5 Å². The molecule has 5 nitrogen and oxygen atoms in total. The van der Waals surface area contributed by atoms with Crippen molar-refractivity contribution in [3.05, 3.63) is 29.8 Å². The van der Waals surface area contributed by atoms with E-state index in [4.69, 9.17) is 9.47 Å². The Morgan fingerprint density at radius 2 is 1.32 bits per heavy atom. The van der Waals surface area contributed by atoms with Crippen LogP contribution in [0.2, 0.25) is 0 Å². The van der Waals surface area contributed by atoms with Gasteiger partial charge in [0, 0.05) is 12.2 Å². The number of unbranched alkanes of at least 4 members (excludes halogenated alkanes) is 10. The Morgan fingerprint density at radius 3 is 1.85 bits per heavy atom. The van der Waals surface area contributed by atoms with Gasteiger partial charge in [0.15, 0.2) is 0 Å². The summed E-state index contributed by atoms with van der Waals surface area (Å²) in [5, 5.41) is 3.42. The summed E-state index contributed by atoms with van der Waals surface area (Å²) in [6, 6.07) is 7.31. The predicted molar refractivity (Wildman–Crippen MR) is 141 cm³/mol. The third kappa shape index (κ3) is 15.7. The summed E-state index contributed by atoms with van der Waals surface area (Å²) in [5.41, 5.74) is 1.49. The van der Waals surface area contributed by atoms with Gasteiger partial charge in [-0.25, -0.2) is 4.79 Å². The molecule has 0 radical (unpaired) electrons. The van der Waals surface area contributed by atoms with Crippen LogP contribution in [0.25, 0.3) is 0 Å². The van der Waals surface area contributed by atoms with E-state index in [1.54, 1.807) is 26.0 Å². The van der Waals surface area contributed by atoms with E-state index in [1.165, 1.54) is 70.6 Å². The maximum atomic E-state index is 12.2. The van der Waals surface area contributed by atoms with Gasteiger partial charge >= 0.3 is 11.9 Å². The van der Waals surface area contributed by atoms with Crippen LogP contribution in [-0.2, 0) is 14.3 Å². The first-order valence-corrected chi connectivity index (χ1v) is 13.6. The fraction of sp³-hybridized carbons (Fsp3) is 0.724. The van der Waals surface area contributed by atoms with E-state index in [1.807, 2.05) is 12.1 Å². The van der Waals surface area contributed by atoms with Crippen molar-refractivity contribution in [1.82, 2.24) is 0 Å². The molecular weight excluding hydrogens is 426 g/mol. The molecule has 0 amide bonds. The average Bonchev–Trinajstić information content (AvgIpc) is 2.79. The van der Waals surface area contributed by atoms with Gasteiger partial charge in [-0.15, -0.1) is 0 Å². The molecule has 0 aliphatic carbocycles. The van der Waals surface area contributed by atoms with Crippen LogP contribution >= 0.6 is 0 Å². The fourth-order valence-corrected chi connectivity index (χ4v) is 3.97. The van der Waals surface area contributed by atoms with Crippen LogP contribution in [-0.4, -0.2) is 31.2 Å². The molecule has 1 unspecified atom stereocenters. The van der Waals surface area contributed by atoms with Crippen LogP contribution < -0.4 is 5.32 Å². The lowest BCUT2D eigenvalue weighted by molar-refractivity contribution is -0.145. The number of hydrogen-bond acceptors (Lipinski definition) is 5. The maximum absolute atomic E-state index is 12.2. The van der Waals surface area contributed by atoms with Crippen molar-refractivity contribution < 1.29 is 19.1 Å². The second-order valence-corrected chi connectivity index (χ2v) is 9.80. The molecule has 1 rings (SSSR count). The van der Waals surface area contributed by atoms with Crippen LogP contribution in [0.1, 0.15) is 122 Å². The second-order valence-electron chi connectivity index (χ2n) is 9.80. The monoisotopic (exact) mass is 475 g/mol. The first-order chi connectivity index (χ1) is 16.4. The van der Waals surface area contributed by atoms with Crippen molar-refractivity contribution in [1.29, 1.82) is 0 Å². The first kappa shape index (κ1) is 30.0. The molecule has 0 spiro atoms. The number of nitrogens with one attached hydrogen (secondary N) is 1. The number of ether oxygens (including phenoxy) is 2. The van der Waals surface area contributed by atoms with Crippen molar-refractivity contribution in [2.45, 2.75) is 117 Å². The lowest BCUT2D eigenvalue weighted by atomic mass is 10.0. The fourth-order valence-electron chi connectivity index (χ4n) is 3.97. The first-order valence-electron chi connectivity index (χ1n) is 13.6. The van der Waals surface area contributed by atoms with Gasteiger partial charge in [0.25, 0.3) is 0 Å². The number of hydrogen-bond donors (Lipinski definition) is 1. The molecule has 34 heavy (non-hydrogen) atoms. The molecule has 0 fully saturated rings. The zero-order valence-corrected chi connectivity index (χ0v) is 22.2. The minimum atomic E-state index is -0.510. The minimum absolute atomic E-state index is 0.0672. The van der Waals surface area contributed by atoms with Gasteiger partial charge in [-0.2, -0.15) is 0 Å². The average molecular weight is 476 g/mol. The lowest BCUT2D eigenvalue weighted by Crippen LogP contribution is -2.20. The van der Waals surface area contributed by atoms with Gasteiger partial charge in [-0.3, -0.25) is 4.79 Å².